The van der Waals surface area contributed by atoms with Gasteiger partial charge in [0.2, 0.25) is 18.6 Å². The Hall–Kier alpha value is -3.58. The van der Waals surface area contributed by atoms with Crippen molar-refractivity contribution in [3.63, 3.8) is 0 Å². The molecule has 1 saturated heterocycles. The molecule has 1 heterocycles. The molecule has 1 aliphatic rings. The number of nitrogens with one attached hydrogen (secondary N) is 1. The quantitative estimate of drug-likeness (QED) is 0.135. The second-order valence-corrected chi connectivity index (χ2v) is 15.8. The Morgan fingerprint density at radius 1 is 0.980 bits per heavy atom. The van der Waals surface area contributed by atoms with E-state index in [1.165, 1.54) is 4.90 Å². The minimum atomic E-state index is -0.918. The summed E-state index contributed by atoms with van der Waals surface area (Å²) in [7, 11) is 3.19. The molecule has 290 valence electrons. The third-order valence-corrected chi connectivity index (χ3v) is 9.54. The van der Waals surface area contributed by atoms with Gasteiger partial charge in [-0.1, -0.05) is 40.7 Å². The molecular formula is C38H63N3O10. The van der Waals surface area contributed by atoms with Crippen molar-refractivity contribution in [1.29, 1.82) is 0 Å². The van der Waals surface area contributed by atoms with Crippen LogP contribution in [0, 0.1) is 34.5 Å². The van der Waals surface area contributed by atoms with E-state index < -0.39 is 59.9 Å². The average Bonchev–Trinajstić information content (AvgIpc) is 3.45. The van der Waals surface area contributed by atoms with Crippen LogP contribution >= 0.6 is 0 Å². The van der Waals surface area contributed by atoms with E-state index in [1.807, 2.05) is 39.0 Å². The summed E-state index contributed by atoms with van der Waals surface area (Å²) in [6, 6.07) is 5.38. The number of carbonyl (C=O) groups is 4. The van der Waals surface area contributed by atoms with E-state index in [-0.39, 0.29) is 36.9 Å². The highest BCUT2D eigenvalue weighted by molar-refractivity contribution is 5.83. The molecule has 0 spiro atoms. The summed E-state index contributed by atoms with van der Waals surface area (Å²) >= 11 is 0. The number of hydrogen-bond acceptors (Lipinski definition) is 10. The summed E-state index contributed by atoms with van der Waals surface area (Å²) in [5.41, 5.74) is 4.88. The maximum atomic E-state index is 13.5. The predicted molar refractivity (Wildman–Crippen MR) is 193 cm³/mol. The minimum Gasteiger partial charge on any atom is -0.493 e. The van der Waals surface area contributed by atoms with E-state index in [9.17, 15) is 19.2 Å². The van der Waals surface area contributed by atoms with E-state index >= 15 is 0 Å². The maximum absolute atomic E-state index is 13.5. The number of nitrogens with zero attached hydrogens (tertiary/aromatic N) is 1. The van der Waals surface area contributed by atoms with Crippen LogP contribution in [0.1, 0.15) is 94.1 Å². The molecule has 1 fully saturated rings. The van der Waals surface area contributed by atoms with Crippen LogP contribution in [-0.4, -0.2) is 81.5 Å². The fourth-order valence-corrected chi connectivity index (χ4v) is 5.75. The molecule has 1 aromatic rings. The summed E-state index contributed by atoms with van der Waals surface area (Å²) in [5, 5.41) is 2.91. The van der Waals surface area contributed by atoms with Gasteiger partial charge in [-0.05, 0) is 89.3 Å². The molecule has 3 amide bonds. The Kier molecular flexibility index (Phi) is 16.5. The Balaban J connectivity index is 2.39. The number of benzene rings is 1. The fourth-order valence-electron chi connectivity index (χ4n) is 5.75. The monoisotopic (exact) mass is 721 g/mol. The molecule has 51 heavy (non-hydrogen) atoms. The smallest absolute Gasteiger partial charge is 0.414 e. The number of amides is 3. The summed E-state index contributed by atoms with van der Waals surface area (Å²) in [6.07, 6.45) is 0.578. The first-order chi connectivity index (χ1) is 23.7. The molecule has 0 saturated carbocycles. The third kappa shape index (κ3) is 12.9. The topological polar surface area (TPSA) is 165 Å². The molecule has 0 aromatic heterocycles. The minimum absolute atomic E-state index is 0.0523. The fraction of sp³-hybridized carbons (Fsp3) is 0.737. The Labute approximate surface area is 304 Å². The third-order valence-electron chi connectivity index (χ3n) is 9.54. The SMILES string of the molecule is CCC(OC)Oc1cc(C[C@@H](CC2C(C[C@H](C(=O)NCC(C)(C)C(N)=O)C(C)C)OCN2C(=O)OCOC(=O)C(C)(C)C)C(C)C)ccc1OC. The maximum Gasteiger partial charge on any atom is 0.414 e. The van der Waals surface area contributed by atoms with Crippen LogP contribution < -0.4 is 20.5 Å². The van der Waals surface area contributed by atoms with Gasteiger partial charge in [0.05, 0.1) is 30.1 Å². The van der Waals surface area contributed by atoms with Crippen molar-refractivity contribution in [3.8, 4) is 11.5 Å². The summed E-state index contributed by atoms with van der Waals surface area (Å²) in [5.74, 6) is -0.323. The van der Waals surface area contributed by atoms with Crippen LogP contribution in [0.15, 0.2) is 18.2 Å². The highest BCUT2D eigenvalue weighted by Crippen LogP contribution is 2.36. The number of carbonyl (C=O) groups excluding carboxylic acids is 4. The molecule has 3 N–H and O–H groups in total. The Bertz CT molecular complexity index is 1310. The molecule has 1 aliphatic heterocycles. The van der Waals surface area contributed by atoms with Gasteiger partial charge in [-0.3, -0.25) is 19.3 Å². The van der Waals surface area contributed by atoms with Crippen LogP contribution in [0.3, 0.4) is 0 Å². The van der Waals surface area contributed by atoms with Gasteiger partial charge >= 0.3 is 12.1 Å². The van der Waals surface area contributed by atoms with Crippen LogP contribution in [0.4, 0.5) is 4.79 Å². The first-order valence-electron chi connectivity index (χ1n) is 17.9. The van der Waals surface area contributed by atoms with Crippen LogP contribution in [0.5, 0.6) is 11.5 Å². The van der Waals surface area contributed by atoms with E-state index in [0.717, 1.165) is 5.56 Å². The van der Waals surface area contributed by atoms with Crippen LogP contribution in [-0.2, 0) is 39.8 Å². The lowest BCUT2D eigenvalue weighted by atomic mass is 9.80. The van der Waals surface area contributed by atoms with Crippen molar-refractivity contribution in [2.75, 3.05) is 34.3 Å². The Morgan fingerprint density at radius 2 is 1.65 bits per heavy atom. The van der Waals surface area contributed by atoms with Crippen molar-refractivity contribution in [1.82, 2.24) is 10.2 Å². The highest BCUT2D eigenvalue weighted by Gasteiger charge is 2.43. The van der Waals surface area contributed by atoms with Crippen molar-refractivity contribution in [2.45, 2.75) is 113 Å². The van der Waals surface area contributed by atoms with E-state index in [0.29, 0.717) is 37.2 Å². The van der Waals surface area contributed by atoms with Gasteiger partial charge in [-0.25, -0.2) is 4.79 Å². The molecule has 3 unspecified atom stereocenters. The Morgan fingerprint density at radius 3 is 2.18 bits per heavy atom. The van der Waals surface area contributed by atoms with Crippen LogP contribution in [0.25, 0.3) is 0 Å². The van der Waals surface area contributed by atoms with Crippen molar-refractivity contribution < 1.29 is 47.6 Å². The highest BCUT2D eigenvalue weighted by atomic mass is 16.7. The summed E-state index contributed by atoms with van der Waals surface area (Å²) < 4.78 is 34.0. The van der Waals surface area contributed by atoms with Gasteiger partial charge < -0.3 is 39.5 Å². The molecule has 13 nitrogen and oxygen atoms in total. The van der Waals surface area contributed by atoms with Gasteiger partial charge in [0.1, 0.15) is 6.73 Å². The van der Waals surface area contributed by atoms with Crippen molar-refractivity contribution in [3.05, 3.63) is 23.8 Å². The standard InChI is InChI=1S/C38H63N3O10/c1-13-32(47-12)51-31-17-25(14-15-29(31)46-11)16-26(23(2)3)18-28-30(19-27(24(4)5)33(42)40-20-38(9,10)34(39)43)48-21-41(28)36(45)50-22-49-35(44)37(6,7)8/h14-15,17,23-24,26-28,30,32H,13,16,18-22H2,1-12H3,(H2,39,43)(H,40,42)/t26-,27-,28?,30?,32?/m0/s1. The van der Waals surface area contributed by atoms with E-state index in [2.05, 4.69) is 19.2 Å². The van der Waals surface area contributed by atoms with Gasteiger partial charge in [0.25, 0.3) is 0 Å². The van der Waals surface area contributed by atoms with Crippen molar-refractivity contribution in [2.24, 2.45) is 40.2 Å². The number of primary amides is 1. The molecule has 13 heteroatoms. The molecule has 0 radical (unpaired) electrons. The van der Waals surface area contributed by atoms with E-state index in [1.54, 1.807) is 48.8 Å². The zero-order chi connectivity index (χ0) is 38.7. The number of esters is 1. The largest absolute Gasteiger partial charge is 0.493 e. The lowest BCUT2D eigenvalue weighted by molar-refractivity contribution is -0.162. The predicted octanol–water partition coefficient (Wildman–Crippen LogP) is 5.66. The van der Waals surface area contributed by atoms with Crippen molar-refractivity contribution >= 4 is 23.9 Å². The molecular weight excluding hydrogens is 658 g/mol. The summed E-state index contributed by atoms with van der Waals surface area (Å²) in [6.45, 7) is 18.2. The van der Waals surface area contributed by atoms with Gasteiger partial charge in [0, 0.05) is 26.0 Å². The second kappa shape index (κ2) is 19.3. The van der Waals surface area contributed by atoms with E-state index in [4.69, 9.17) is 34.2 Å². The number of ether oxygens (including phenoxy) is 6. The number of methoxy groups -OCH3 is 2. The number of nitrogens with two attached hydrogens (primary N) is 1. The lowest BCUT2D eigenvalue weighted by Crippen LogP contribution is -2.47. The van der Waals surface area contributed by atoms with Gasteiger partial charge in [-0.15, -0.1) is 0 Å². The zero-order valence-corrected chi connectivity index (χ0v) is 32.8. The molecule has 0 bridgehead atoms. The van der Waals surface area contributed by atoms with Gasteiger partial charge in [0.15, 0.2) is 17.8 Å². The first kappa shape index (κ1) is 43.6. The van der Waals surface area contributed by atoms with Gasteiger partial charge in [-0.2, -0.15) is 0 Å². The normalized spacial score (nSPS) is 18.3. The zero-order valence-electron chi connectivity index (χ0n) is 32.8. The summed E-state index contributed by atoms with van der Waals surface area (Å²) in [4.78, 5) is 52.7. The van der Waals surface area contributed by atoms with Crippen LogP contribution in [0.2, 0.25) is 0 Å². The molecule has 2 rings (SSSR count). The molecule has 0 aliphatic carbocycles. The number of hydrogen-bond donors (Lipinski definition) is 2. The molecule has 1 aromatic carbocycles. The lowest BCUT2D eigenvalue weighted by Gasteiger charge is -2.33. The number of rotatable bonds is 19. The average molecular weight is 722 g/mol. The first-order valence-corrected chi connectivity index (χ1v) is 17.9. The molecule has 5 atom stereocenters. The second-order valence-electron chi connectivity index (χ2n) is 15.8.